The van der Waals surface area contributed by atoms with E-state index in [1.807, 2.05) is 0 Å². The zero-order valence-corrected chi connectivity index (χ0v) is 13.1. The second kappa shape index (κ2) is 7.00. The molecule has 0 saturated carbocycles. The van der Waals surface area contributed by atoms with Gasteiger partial charge in [0.1, 0.15) is 6.61 Å². The van der Waals surface area contributed by atoms with Crippen molar-refractivity contribution in [3.63, 3.8) is 0 Å². The Morgan fingerprint density at radius 3 is 2.71 bits per heavy atom. The van der Waals surface area contributed by atoms with Crippen LogP contribution in [0.4, 0.5) is 0 Å². The number of carbonyl (C=O) groups excluding carboxylic acids is 1. The number of carbonyl (C=O) groups is 1. The molecule has 5 heteroatoms. The van der Waals surface area contributed by atoms with E-state index in [4.69, 9.17) is 9.47 Å². The van der Waals surface area contributed by atoms with Gasteiger partial charge in [-0.2, -0.15) is 0 Å². The number of rotatable bonds is 5. The quantitative estimate of drug-likeness (QED) is 0.776. The largest absolute Gasteiger partial charge is 0.476 e. The average Bonchev–Trinajstić information content (AvgIpc) is 2.47. The van der Waals surface area contributed by atoms with Crippen LogP contribution in [0.3, 0.4) is 0 Å². The lowest BCUT2D eigenvalue weighted by atomic mass is 9.85. The normalized spacial score (nSPS) is 16.7. The molecule has 1 saturated heterocycles. The van der Waals surface area contributed by atoms with E-state index in [0.29, 0.717) is 18.1 Å². The van der Waals surface area contributed by atoms with Gasteiger partial charge in [0.05, 0.1) is 13.2 Å². The third kappa shape index (κ3) is 4.51. The summed E-state index contributed by atoms with van der Waals surface area (Å²) in [6.45, 7) is 11.1. The first-order chi connectivity index (χ1) is 10.0. The third-order valence-electron chi connectivity index (χ3n) is 3.61. The molecule has 2 rings (SSSR count). The highest BCUT2D eigenvalue weighted by atomic mass is 16.5. The first-order valence-electron chi connectivity index (χ1n) is 7.39. The van der Waals surface area contributed by atoms with Crippen molar-refractivity contribution in [1.29, 1.82) is 0 Å². The van der Waals surface area contributed by atoms with Crippen LogP contribution in [0, 0.1) is 0 Å². The van der Waals surface area contributed by atoms with Gasteiger partial charge in [-0.25, -0.2) is 4.98 Å². The average molecular weight is 292 g/mol. The molecule has 0 bridgehead atoms. The molecule has 2 heterocycles. The number of ether oxygens (including phenoxy) is 2. The maximum absolute atomic E-state index is 11.2. The Kier molecular flexibility index (Phi) is 5.31. The Labute approximate surface area is 126 Å². The summed E-state index contributed by atoms with van der Waals surface area (Å²) >= 11 is 0. The highest BCUT2D eigenvalue weighted by molar-refractivity contribution is 5.78. The first-order valence-corrected chi connectivity index (χ1v) is 7.39. The summed E-state index contributed by atoms with van der Waals surface area (Å²) in [6, 6.07) is 1.73. The molecule has 0 amide bonds. The van der Waals surface area contributed by atoms with E-state index in [-0.39, 0.29) is 5.41 Å². The zero-order chi connectivity index (χ0) is 15.3. The van der Waals surface area contributed by atoms with Gasteiger partial charge >= 0.3 is 0 Å². The lowest BCUT2D eigenvalue weighted by Crippen LogP contribution is -2.38. The summed E-state index contributed by atoms with van der Waals surface area (Å²) in [4.78, 5) is 17.9. The summed E-state index contributed by atoms with van der Waals surface area (Å²) in [5.74, 6) is 0.512. The Bertz CT molecular complexity index is 477. The van der Waals surface area contributed by atoms with Gasteiger partial charge < -0.3 is 9.47 Å². The van der Waals surface area contributed by atoms with E-state index < -0.39 is 0 Å². The monoisotopic (exact) mass is 292 g/mol. The van der Waals surface area contributed by atoms with Gasteiger partial charge in [-0.3, -0.25) is 9.69 Å². The smallest absolute Gasteiger partial charge is 0.213 e. The van der Waals surface area contributed by atoms with Crippen molar-refractivity contribution in [2.75, 3.05) is 39.5 Å². The van der Waals surface area contributed by atoms with Gasteiger partial charge in [-0.1, -0.05) is 20.8 Å². The lowest BCUT2D eigenvalue weighted by molar-refractivity contribution is 0.0320. The molecule has 1 aromatic heterocycles. The molecule has 1 fully saturated rings. The maximum Gasteiger partial charge on any atom is 0.213 e. The van der Waals surface area contributed by atoms with Crippen LogP contribution in [-0.4, -0.2) is 55.6 Å². The molecule has 0 aliphatic carbocycles. The van der Waals surface area contributed by atoms with Crippen LogP contribution in [0.1, 0.15) is 36.7 Å². The van der Waals surface area contributed by atoms with Crippen molar-refractivity contribution in [3.8, 4) is 5.88 Å². The summed E-state index contributed by atoms with van der Waals surface area (Å²) in [7, 11) is 0. The van der Waals surface area contributed by atoms with Crippen molar-refractivity contribution in [1.82, 2.24) is 9.88 Å². The van der Waals surface area contributed by atoms with Gasteiger partial charge in [0.25, 0.3) is 0 Å². The van der Waals surface area contributed by atoms with Crippen molar-refractivity contribution in [2.24, 2.45) is 0 Å². The van der Waals surface area contributed by atoms with Crippen LogP contribution < -0.4 is 4.74 Å². The minimum Gasteiger partial charge on any atom is -0.476 e. The molecule has 21 heavy (non-hydrogen) atoms. The molecule has 1 aliphatic rings. The second-order valence-corrected chi connectivity index (χ2v) is 6.28. The molecule has 0 atom stereocenters. The predicted octanol–water partition coefficient (Wildman–Crippen LogP) is 1.90. The third-order valence-corrected chi connectivity index (χ3v) is 3.61. The summed E-state index contributed by atoms with van der Waals surface area (Å²) in [6.07, 6.45) is 2.62. The zero-order valence-electron chi connectivity index (χ0n) is 13.1. The fourth-order valence-corrected chi connectivity index (χ4v) is 2.36. The molecule has 1 aromatic rings. The van der Waals surface area contributed by atoms with Gasteiger partial charge in [0.15, 0.2) is 6.29 Å². The lowest BCUT2D eigenvalue weighted by Gasteiger charge is -2.26. The van der Waals surface area contributed by atoms with E-state index in [1.54, 1.807) is 12.3 Å². The molecule has 0 N–H and O–H groups in total. The molecule has 0 unspecified atom stereocenters. The highest BCUT2D eigenvalue weighted by Gasteiger charge is 2.19. The summed E-state index contributed by atoms with van der Waals surface area (Å²) in [5, 5.41) is 0. The first kappa shape index (κ1) is 15.9. The van der Waals surface area contributed by atoms with Gasteiger partial charge in [-0.05, 0) is 11.0 Å². The standard InChI is InChI=1S/C16H24N2O3/c1-16(2,3)14-11-17-15(10-13(14)12-19)21-9-6-18-4-7-20-8-5-18/h10-12H,4-9H2,1-3H3. The number of aldehydes is 1. The number of hydrogen-bond acceptors (Lipinski definition) is 5. The molecule has 5 nitrogen and oxygen atoms in total. The SMILES string of the molecule is CC(C)(C)c1cnc(OCCN2CCOCC2)cc1C=O. The Hall–Kier alpha value is -1.46. The van der Waals surface area contributed by atoms with E-state index in [2.05, 4.69) is 30.7 Å². The number of nitrogens with zero attached hydrogens (tertiary/aromatic N) is 2. The van der Waals surface area contributed by atoms with Crippen LogP contribution in [0.5, 0.6) is 5.88 Å². The molecule has 0 aromatic carbocycles. The Morgan fingerprint density at radius 2 is 2.10 bits per heavy atom. The minimum atomic E-state index is -0.102. The molecular weight excluding hydrogens is 268 g/mol. The van der Waals surface area contributed by atoms with Crippen molar-refractivity contribution >= 4 is 6.29 Å². The molecular formula is C16H24N2O3. The van der Waals surface area contributed by atoms with Crippen LogP contribution in [-0.2, 0) is 10.2 Å². The predicted molar refractivity (Wildman–Crippen MR) is 81.1 cm³/mol. The maximum atomic E-state index is 11.2. The number of morpholine rings is 1. The van der Waals surface area contributed by atoms with Gasteiger partial charge in [0.2, 0.25) is 5.88 Å². The van der Waals surface area contributed by atoms with E-state index >= 15 is 0 Å². The number of hydrogen-bond donors (Lipinski definition) is 0. The minimum absolute atomic E-state index is 0.102. The highest BCUT2D eigenvalue weighted by Crippen LogP contribution is 2.26. The number of aromatic nitrogens is 1. The topological polar surface area (TPSA) is 51.7 Å². The van der Waals surface area contributed by atoms with Crippen molar-refractivity contribution < 1.29 is 14.3 Å². The second-order valence-electron chi connectivity index (χ2n) is 6.28. The summed E-state index contributed by atoms with van der Waals surface area (Å²) in [5.41, 5.74) is 1.49. The van der Waals surface area contributed by atoms with Crippen molar-refractivity contribution in [2.45, 2.75) is 26.2 Å². The van der Waals surface area contributed by atoms with E-state index in [1.165, 1.54) is 0 Å². The molecule has 0 radical (unpaired) electrons. The molecule has 1 aliphatic heterocycles. The van der Waals surface area contributed by atoms with Gasteiger partial charge in [-0.15, -0.1) is 0 Å². The Morgan fingerprint density at radius 1 is 1.38 bits per heavy atom. The Balaban J connectivity index is 1.93. The van der Waals surface area contributed by atoms with Crippen molar-refractivity contribution in [3.05, 3.63) is 23.4 Å². The molecule has 116 valence electrons. The fourth-order valence-electron chi connectivity index (χ4n) is 2.36. The van der Waals surface area contributed by atoms with Crippen LogP contribution in [0.25, 0.3) is 0 Å². The van der Waals surface area contributed by atoms with Crippen LogP contribution in [0.15, 0.2) is 12.3 Å². The van der Waals surface area contributed by atoms with E-state index in [9.17, 15) is 4.79 Å². The summed E-state index contributed by atoms with van der Waals surface area (Å²) < 4.78 is 11.0. The number of pyridine rings is 1. The van der Waals surface area contributed by atoms with Crippen LogP contribution >= 0.6 is 0 Å². The fraction of sp³-hybridized carbons (Fsp3) is 0.625. The van der Waals surface area contributed by atoms with E-state index in [0.717, 1.165) is 44.7 Å². The van der Waals surface area contributed by atoms with Crippen LogP contribution in [0.2, 0.25) is 0 Å². The van der Waals surface area contributed by atoms with Gasteiger partial charge in [0, 0.05) is 37.5 Å². The molecule has 0 spiro atoms.